The normalized spacial score (nSPS) is 36.7. The van der Waals surface area contributed by atoms with Crippen LogP contribution in [0.3, 0.4) is 0 Å². The summed E-state index contributed by atoms with van der Waals surface area (Å²) in [5, 5.41) is 0. The predicted molar refractivity (Wildman–Crippen MR) is 70.5 cm³/mol. The van der Waals surface area contributed by atoms with E-state index < -0.39 is 0 Å². The highest BCUT2D eigenvalue weighted by atomic mass is 16.6. The third-order valence-electron chi connectivity index (χ3n) is 4.64. The van der Waals surface area contributed by atoms with Crippen LogP contribution in [-0.2, 0) is 9.47 Å². The molecule has 0 bridgehead atoms. The zero-order chi connectivity index (χ0) is 12.4. The second-order valence-corrected chi connectivity index (χ2v) is 6.09. The summed E-state index contributed by atoms with van der Waals surface area (Å²) in [4.78, 5) is 2.72. The number of hydrogen-bond acceptors (Lipinski definition) is 4. The molecule has 2 atom stereocenters. The van der Waals surface area contributed by atoms with Crippen molar-refractivity contribution in [1.29, 1.82) is 0 Å². The van der Waals surface area contributed by atoms with Gasteiger partial charge in [-0.05, 0) is 45.2 Å². The van der Waals surface area contributed by atoms with E-state index in [0.717, 1.165) is 51.7 Å². The molecule has 2 unspecified atom stereocenters. The molecule has 0 aromatic rings. The van der Waals surface area contributed by atoms with Crippen LogP contribution in [0.25, 0.3) is 0 Å². The van der Waals surface area contributed by atoms with Gasteiger partial charge >= 0.3 is 0 Å². The largest absolute Gasteiger partial charge is 0.378 e. The van der Waals surface area contributed by atoms with E-state index >= 15 is 0 Å². The molecule has 2 N–H and O–H groups in total. The van der Waals surface area contributed by atoms with Gasteiger partial charge in [-0.3, -0.25) is 4.90 Å². The van der Waals surface area contributed by atoms with E-state index in [1.807, 2.05) is 0 Å². The number of nitrogens with two attached hydrogens (primary N) is 1. The summed E-state index contributed by atoms with van der Waals surface area (Å²) in [6, 6.07) is 1.53. The Bertz CT molecular complexity index is 275. The fourth-order valence-electron chi connectivity index (χ4n) is 3.49. The van der Waals surface area contributed by atoms with Crippen LogP contribution in [0, 0.1) is 0 Å². The highest BCUT2D eigenvalue weighted by Crippen LogP contribution is 2.38. The first-order valence-electron chi connectivity index (χ1n) is 7.50. The van der Waals surface area contributed by atoms with Gasteiger partial charge in [0.1, 0.15) is 0 Å². The molecule has 3 fully saturated rings. The Morgan fingerprint density at radius 3 is 2.72 bits per heavy atom. The first kappa shape index (κ1) is 12.9. The maximum atomic E-state index is 6.04. The minimum absolute atomic E-state index is 0.0404. The predicted octanol–water partition coefficient (Wildman–Crippen LogP) is 1.14. The second kappa shape index (κ2) is 5.45. The van der Waals surface area contributed by atoms with Crippen molar-refractivity contribution in [1.82, 2.24) is 4.90 Å². The van der Waals surface area contributed by atoms with Gasteiger partial charge < -0.3 is 15.2 Å². The highest BCUT2D eigenvalue weighted by molar-refractivity contribution is 4.97. The Morgan fingerprint density at radius 2 is 2.06 bits per heavy atom. The van der Waals surface area contributed by atoms with Crippen molar-refractivity contribution in [3.05, 3.63) is 0 Å². The quantitative estimate of drug-likeness (QED) is 0.799. The zero-order valence-corrected chi connectivity index (χ0v) is 11.3. The lowest BCUT2D eigenvalue weighted by molar-refractivity contribution is -0.107. The van der Waals surface area contributed by atoms with Crippen LogP contribution < -0.4 is 5.73 Å². The lowest BCUT2D eigenvalue weighted by Crippen LogP contribution is -2.50. The maximum Gasteiger partial charge on any atom is 0.0951 e. The third-order valence-corrected chi connectivity index (χ3v) is 4.64. The standard InChI is InChI=1S/C14H26N2O2/c15-6-1-7-16(12-2-3-12)13-4-8-18-14(10-13)5-9-17-11-14/h12-13H,1-11,15H2. The van der Waals surface area contributed by atoms with Gasteiger partial charge in [0.05, 0.1) is 12.2 Å². The molecule has 2 heterocycles. The van der Waals surface area contributed by atoms with Crippen molar-refractivity contribution in [2.75, 3.05) is 32.9 Å². The summed E-state index contributed by atoms with van der Waals surface area (Å²) in [5.41, 5.74) is 5.71. The summed E-state index contributed by atoms with van der Waals surface area (Å²) in [6.07, 6.45) is 7.31. The van der Waals surface area contributed by atoms with Gasteiger partial charge in [0.2, 0.25) is 0 Å². The summed E-state index contributed by atoms with van der Waals surface area (Å²) < 4.78 is 11.6. The summed E-state index contributed by atoms with van der Waals surface area (Å²) >= 11 is 0. The van der Waals surface area contributed by atoms with Crippen LogP contribution >= 0.6 is 0 Å². The molecule has 3 aliphatic rings. The first-order valence-corrected chi connectivity index (χ1v) is 7.50. The van der Waals surface area contributed by atoms with Gasteiger partial charge in [0.25, 0.3) is 0 Å². The van der Waals surface area contributed by atoms with Crippen LogP contribution in [-0.4, -0.2) is 55.5 Å². The van der Waals surface area contributed by atoms with Crippen molar-refractivity contribution in [3.8, 4) is 0 Å². The Kier molecular flexibility index (Phi) is 3.89. The Hall–Kier alpha value is -0.160. The molecule has 2 aliphatic heterocycles. The van der Waals surface area contributed by atoms with Crippen LogP contribution in [0.4, 0.5) is 0 Å². The monoisotopic (exact) mass is 254 g/mol. The van der Waals surface area contributed by atoms with Gasteiger partial charge in [0.15, 0.2) is 0 Å². The molecule has 0 aromatic carbocycles. The van der Waals surface area contributed by atoms with Crippen molar-refractivity contribution in [2.24, 2.45) is 5.73 Å². The van der Waals surface area contributed by atoms with Crippen molar-refractivity contribution in [3.63, 3.8) is 0 Å². The van der Waals surface area contributed by atoms with Gasteiger partial charge in [-0.25, -0.2) is 0 Å². The molecule has 0 radical (unpaired) electrons. The van der Waals surface area contributed by atoms with Crippen molar-refractivity contribution in [2.45, 2.75) is 56.2 Å². The maximum absolute atomic E-state index is 6.04. The molecule has 104 valence electrons. The average molecular weight is 254 g/mol. The fraction of sp³-hybridized carbons (Fsp3) is 1.00. The molecular formula is C14H26N2O2. The Balaban J connectivity index is 1.62. The van der Waals surface area contributed by atoms with Crippen LogP contribution in [0.5, 0.6) is 0 Å². The SMILES string of the molecule is NCCCN(C1CC1)C1CCOC2(CCOC2)C1. The number of ether oxygens (including phenoxy) is 2. The summed E-state index contributed by atoms with van der Waals surface area (Å²) in [6.45, 7) is 4.56. The molecule has 0 aromatic heterocycles. The third kappa shape index (κ3) is 2.72. The van der Waals surface area contributed by atoms with E-state index in [2.05, 4.69) is 4.90 Å². The number of hydrogen-bond donors (Lipinski definition) is 1. The lowest BCUT2D eigenvalue weighted by Gasteiger charge is -2.42. The van der Waals surface area contributed by atoms with Crippen LogP contribution in [0.2, 0.25) is 0 Å². The molecule has 3 rings (SSSR count). The van der Waals surface area contributed by atoms with Crippen LogP contribution in [0.1, 0.15) is 38.5 Å². The summed E-state index contributed by atoms with van der Waals surface area (Å²) in [5.74, 6) is 0. The van der Waals surface area contributed by atoms with E-state index in [1.165, 1.54) is 25.8 Å². The zero-order valence-electron chi connectivity index (χ0n) is 11.3. The second-order valence-electron chi connectivity index (χ2n) is 6.09. The molecule has 1 spiro atoms. The van der Waals surface area contributed by atoms with Gasteiger partial charge in [-0.1, -0.05) is 0 Å². The van der Waals surface area contributed by atoms with Gasteiger partial charge in [-0.2, -0.15) is 0 Å². The van der Waals surface area contributed by atoms with E-state index in [9.17, 15) is 0 Å². The van der Waals surface area contributed by atoms with E-state index in [-0.39, 0.29) is 5.60 Å². The van der Waals surface area contributed by atoms with E-state index in [4.69, 9.17) is 15.2 Å². The molecule has 18 heavy (non-hydrogen) atoms. The number of rotatable bonds is 5. The Labute approximate surface area is 110 Å². The van der Waals surface area contributed by atoms with E-state index in [0.29, 0.717) is 6.04 Å². The van der Waals surface area contributed by atoms with Gasteiger partial charge in [0, 0.05) is 31.7 Å². The Morgan fingerprint density at radius 1 is 1.17 bits per heavy atom. The first-order chi connectivity index (χ1) is 8.83. The smallest absolute Gasteiger partial charge is 0.0951 e. The molecule has 4 nitrogen and oxygen atoms in total. The van der Waals surface area contributed by atoms with Crippen molar-refractivity contribution >= 4 is 0 Å². The molecule has 1 saturated carbocycles. The molecule has 1 aliphatic carbocycles. The van der Waals surface area contributed by atoms with Gasteiger partial charge in [-0.15, -0.1) is 0 Å². The number of nitrogens with zero attached hydrogens (tertiary/aromatic N) is 1. The minimum Gasteiger partial charge on any atom is -0.378 e. The lowest BCUT2D eigenvalue weighted by atomic mass is 9.88. The van der Waals surface area contributed by atoms with E-state index in [1.54, 1.807) is 0 Å². The highest BCUT2D eigenvalue weighted by Gasteiger charge is 2.44. The van der Waals surface area contributed by atoms with Crippen LogP contribution in [0.15, 0.2) is 0 Å². The molecule has 2 saturated heterocycles. The summed E-state index contributed by atoms with van der Waals surface area (Å²) in [7, 11) is 0. The molecule has 0 amide bonds. The minimum atomic E-state index is 0.0404. The average Bonchev–Trinajstić information content (AvgIpc) is 3.13. The fourth-order valence-corrected chi connectivity index (χ4v) is 3.49. The molecular weight excluding hydrogens is 228 g/mol. The van der Waals surface area contributed by atoms with Crippen molar-refractivity contribution < 1.29 is 9.47 Å². The molecule has 4 heteroatoms. The topological polar surface area (TPSA) is 47.7 Å².